The number of nitrogens with zero attached hydrogens (tertiary/aromatic N) is 1. The van der Waals surface area contributed by atoms with E-state index >= 15 is 0 Å². The maximum Gasteiger partial charge on any atom is 0.145 e. The molecule has 0 fully saturated rings. The molecule has 1 heterocycles. The van der Waals surface area contributed by atoms with E-state index in [0.717, 1.165) is 61.3 Å². The van der Waals surface area contributed by atoms with Crippen molar-refractivity contribution < 1.29 is 4.42 Å². The Morgan fingerprint density at radius 2 is 0.808 bits per heavy atom. The molecule has 0 saturated carbocycles. The van der Waals surface area contributed by atoms with Gasteiger partial charge in [0.15, 0.2) is 0 Å². The fraction of sp³-hybridized carbons (Fsp3) is 0.0141. The van der Waals surface area contributed by atoms with Gasteiger partial charge < -0.3 is 9.32 Å². The summed E-state index contributed by atoms with van der Waals surface area (Å²) in [6.07, 6.45) is 0. The quantitative estimate of drug-likeness (QED) is 0.143. The molecule has 0 spiro atoms. The molecule has 0 bridgehead atoms. The van der Waals surface area contributed by atoms with Crippen LogP contribution in [0.4, 0.5) is 17.1 Å². The van der Waals surface area contributed by atoms with Crippen LogP contribution < -0.4 is 4.90 Å². The minimum absolute atomic E-state index is 0.477. The fourth-order valence-corrected chi connectivity index (χ4v) is 11.8. The lowest BCUT2D eigenvalue weighted by Gasteiger charge is -2.34. The summed E-state index contributed by atoms with van der Waals surface area (Å²) in [4.78, 5) is 2.40. The van der Waals surface area contributed by atoms with E-state index in [1.165, 1.54) is 66.4 Å². The second kappa shape index (κ2) is 17.4. The van der Waals surface area contributed by atoms with Crippen LogP contribution in [0, 0.1) is 0 Å². The number of benzene rings is 12. The average Bonchev–Trinajstić information content (AvgIpc) is 4.01. The zero-order chi connectivity index (χ0) is 48.3. The molecule has 2 heteroatoms. The van der Waals surface area contributed by atoms with Gasteiger partial charge in [-0.3, -0.25) is 0 Å². The third-order valence-electron chi connectivity index (χ3n) is 15.2. The lowest BCUT2D eigenvalue weighted by atomic mass is 9.67. The first-order chi connectivity index (χ1) is 36.2. The number of para-hydroxylation sites is 1. The highest BCUT2D eigenvalue weighted by atomic mass is 16.3. The molecule has 0 radical (unpaired) electrons. The molecule has 1 aromatic heterocycles. The summed E-state index contributed by atoms with van der Waals surface area (Å²) in [7, 11) is 0. The first-order valence-corrected chi connectivity index (χ1v) is 25.2. The monoisotopic (exact) mass is 929 g/mol. The van der Waals surface area contributed by atoms with Crippen molar-refractivity contribution in [3.05, 3.63) is 307 Å². The molecule has 73 heavy (non-hydrogen) atoms. The Bertz CT molecular complexity index is 4130. The van der Waals surface area contributed by atoms with Gasteiger partial charge in [0.25, 0.3) is 0 Å². The average molecular weight is 930 g/mol. The van der Waals surface area contributed by atoms with Gasteiger partial charge in [0, 0.05) is 22.3 Å². The van der Waals surface area contributed by atoms with Crippen LogP contribution in [-0.2, 0) is 5.41 Å². The molecule has 14 rings (SSSR count). The molecule has 0 aliphatic heterocycles. The third-order valence-corrected chi connectivity index (χ3v) is 15.2. The number of hydrogen-bond donors (Lipinski definition) is 0. The maximum absolute atomic E-state index is 6.84. The van der Waals surface area contributed by atoms with Crippen molar-refractivity contribution in [1.29, 1.82) is 0 Å². The second-order valence-corrected chi connectivity index (χ2v) is 19.1. The smallest absolute Gasteiger partial charge is 0.145 e. The van der Waals surface area contributed by atoms with E-state index in [4.69, 9.17) is 4.42 Å². The van der Waals surface area contributed by atoms with E-state index in [2.05, 4.69) is 290 Å². The molecule has 0 atom stereocenters. The van der Waals surface area contributed by atoms with E-state index in [1.54, 1.807) is 0 Å². The van der Waals surface area contributed by atoms with Crippen molar-refractivity contribution in [3.8, 4) is 55.6 Å². The molecule has 0 N–H and O–H groups in total. The number of anilines is 3. The van der Waals surface area contributed by atoms with Crippen molar-refractivity contribution in [2.24, 2.45) is 0 Å². The highest BCUT2D eigenvalue weighted by molar-refractivity contribution is 6.17. The topological polar surface area (TPSA) is 16.4 Å². The first-order valence-electron chi connectivity index (χ1n) is 25.2. The Balaban J connectivity index is 0.911. The molecule has 12 aromatic carbocycles. The van der Waals surface area contributed by atoms with Crippen molar-refractivity contribution in [2.45, 2.75) is 5.41 Å². The second-order valence-electron chi connectivity index (χ2n) is 19.1. The minimum Gasteiger partial charge on any atom is -0.455 e. The zero-order valence-corrected chi connectivity index (χ0v) is 40.0. The molecule has 0 unspecified atom stereocenters. The Morgan fingerprint density at radius 1 is 0.301 bits per heavy atom. The summed E-state index contributed by atoms with van der Waals surface area (Å²) in [6.45, 7) is 0. The third kappa shape index (κ3) is 6.94. The summed E-state index contributed by atoms with van der Waals surface area (Å²) in [5, 5.41) is 4.65. The van der Waals surface area contributed by atoms with Gasteiger partial charge in [-0.1, -0.05) is 231 Å². The highest BCUT2D eigenvalue weighted by Crippen LogP contribution is 2.57. The fourth-order valence-electron chi connectivity index (χ4n) is 11.8. The van der Waals surface area contributed by atoms with Crippen LogP contribution in [0.15, 0.2) is 290 Å². The molecule has 1 aliphatic carbocycles. The Kier molecular flexibility index (Phi) is 10.1. The van der Waals surface area contributed by atoms with Crippen molar-refractivity contribution in [2.75, 3.05) is 4.90 Å². The highest BCUT2D eigenvalue weighted by Gasteiger charge is 2.46. The number of fused-ring (bicyclic) bond motifs is 7. The molecule has 2 nitrogen and oxygen atoms in total. The van der Waals surface area contributed by atoms with E-state index in [9.17, 15) is 0 Å². The standard InChI is InChI=1S/C71H47NO/c1-4-18-51(19-5-1)61-44-45-67(69-64-30-13-15-33-68(64)73-70(61)69)72(57-39-34-48(35-40-57)52-22-16-23-54(46-52)60-31-17-21-50-20-10-11-28-59(50)60)58-41-36-49(37-42-58)53-38-43-63-62-29-12-14-32-65(62)71(66(63)47-53,55-24-6-2-7-25-55)56-26-8-3-9-27-56/h1-47H. The van der Waals surface area contributed by atoms with Gasteiger partial charge in [-0.25, -0.2) is 0 Å². The van der Waals surface area contributed by atoms with E-state index < -0.39 is 5.41 Å². The number of furan rings is 1. The Hall–Kier alpha value is -9.50. The van der Waals surface area contributed by atoms with Gasteiger partial charge in [0.2, 0.25) is 0 Å². The number of hydrogen-bond acceptors (Lipinski definition) is 2. The lowest BCUT2D eigenvalue weighted by Crippen LogP contribution is -2.28. The summed E-state index contributed by atoms with van der Waals surface area (Å²) >= 11 is 0. The molecular formula is C71H47NO. The normalized spacial score (nSPS) is 12.5. The first kappa shape index (κ1) is 42.4. The lowest BCUT2D eigenvalue weighted by molar-refractivity contribution is 0.670. The van der Waals surface area contributed by atoms with Gasteiger partial charge in [0.05, 0.1) is 16.5 Å². The minimum atomic E-state index is -0.477. The summed E-state index contributed by atoms with van der Waals surface area (Å²) in [5.74, 6) is 0. The molecule has 0 saturated heterocycles. The van der Waals surface area contributed by atoms with Gasteiger partial charge in [0.1, 0.15) is 11.2 Å². The van der Waals surface area contributed by atoms with Crippen molar-refractivity contribution in [1.82, 2.24) is 0 Å². The predicted octanol–water partition coefficient (Wildman–Crippen LogP) is 19.2. The van der Waals surface area contributed by atoms with E-state index in [1.807, 2.05) is 0 Å². The predicted molar refractivity (Wildman–Crippen MR) is 305 cm³/mol. The molecule has 1 aliphatic rings. The van der Waals surface area contributed by atoms with Crippen LogP contribution in [0.3, 0.4) is 0 Å². The summed E-state index contributed by atoms with van der Waals surface area (Å²) in [5.41, 5.74) is 21.3. The van der Waals surface area contributed by atoms with E-state index in [-0.39, 0.29) is 0 Å². The molecule has 0 amide bonds. The van der Waals surface area contributed by atoms with Crippen molar-refractivity contribution in [3.63, 3.8) is 0 Å². The largest absolute Gasteiger partial charge is 0.455 e. The van der Waals surface area contributed by atoms with Crippen LogP contribution in [0.5, 0.6) is 0 Å². The maximum atomic E-state index is 6.84. The number of rotatable bonds is 9. The molecule has 342 valence electrons. The van der Waals surface area contributed by atoms with Crippen LogP contribution in [0.25, 0.3) is 88.3 Å². The summed E-state index contributed by atoms with van der Waals surface area (Å²) in [6, 6.07) is 104. The van der Waals surface area contributed by atoms with Gasteiger partial charge in [-0.2, -0.15) is 0 Å². The van der Waals surface area contributed by atoms with Crippen LogP contribution >= 0.6 is 0 Å². The zero-order valence-electron chi connectivity index (χ0n) is 40.0. The van der Waals surface area contributed by atoms with Gasteiger partial charge >= 0.3 is 0 Å². The van der Waals surface area contributed by atoms with Gasteiger partial charge in [-0.15, -0.1) is 0 Å². The van der Waals surface area contributed by atoms with Crippen LogP contribution in [-0.4, -0.2) is 0 Å². The SMILES string of the molecule is c1ccc(-c2ccc(N(c3ccc(-c4cccc(-c5cccc6ccccc56)c4)cc3)c3ccc(-c4ccc5c(c4)C(c4ccccc4)(c4ccccc4)c4ccccc4-5)cc3)c3c2oc2ccccc23)cc1. The van der Waals surface area contributed by atoms with Crippen molar-refractivity contribution >= 4 is 49.8 Å². The Labute approximate surface area is 425 Å². The Morgan fingerprint density at radius 3 is 1.53 bits per heavy atom. The molecular weight excluding hydrogens is 883 g/mol. The van der Waals surface area contributed by atoms with Crippen LogP contribution in [0.1, 0.15) is 22.3 Å². The summed E-state index contributed by atoms with van der Waals surface area (Å²) < 4.78 is 6.84. The van der Waals surface area contributed by atoms with Gasteiger partial charge in [-0.05, 0) is 138 Å². The van der Waals surface area contributed by atoms with E-state index in [0.29, 0.717) is 0 Å². The van der Waals surface area contributed by atoms with Crippen LogP contribution in [0.2, 0.25) is 0 Å². The molecule has 13 aromatic rings.